The van der Waals surface area contributed by atoms with Crippen LogP contribution in [0.3, 0.4) is 0 Å². The highest BCUT2D eigenvalue weighted by Gasteiger charge is 2.35. The number of nitrogens with zero attached hydrogens (tertiary/aromatic N) is 2. The maximum atomic E-state index is 13.7. The molecule has 1 saturated heterocycles. The van der Waals surface area contributed by atoms with E-state index < -0.39 is 11.9 Å². The predicted octanol–water partition coefficient (Wildman–Crippen LogP) is 1.53. The van der Waals surface area contributed by atoms with Gasteiger partial charge < -0.3 is 10.0 Å². The Balaban J connectivity index is 1.70. The van der Waals surface area contributed by atoms with Gasteiger partial charge >= 0.3 is 0 Å². The second-order valence-corrected chi connectivity index (χ2v) is 5.76. The van der Waals surface area contributed by atoms with Crippen LogP contribution in [-0.4, -0.2) is 45.3 Å². The fourth-order valence-electron chi connectivity index (χ4n) is 2.87. The lowest BCUT2D eigenvalue weighted by Gasteiger charge is -2.16. The third-order valence-corrected chi connectivity index (χ3v) is 4.03. The summed E-state index contributed by atoms with van der Waals surface area (Å²) in [6, 6.07) is 7.84. The van der Waals surface area contributed by atoms with Crippen molar-refractivity contribution >= 4 is 5.91 Å². The predicted molar refractivity (Wildman–Crippen MR) is 78.8 cm³/mol. The smallest absolute Gasteiger partial charge is 0.256 e. The average molecular weight is 303 g/mol. The summed E-state index contributed by atoms with van der Waals surface area (Å²) in [5, 5.41) is 17.2. The third kappa shape index (κ3) is 2.87. The number of amides is 1. The van der Waals surface area contributed by atoms with Gasteiger partial charge in [-0.05, 0) is 31.5 Å². The summed E-state index contributed by atoms with van der Waals surface area (Å²) < 4.78 is 13.7. The minimum atomic E-state index is -0.618. The number of aryl methyl sites for hydroxylation is 1. The van der Waals surface area contributed by atoms with Gasteiger partial charge in [0.05, 0.1) is 17.4 Å². The standard InChI is InChI=1S/C16H18FN3O2/c1-10-6-12(19-18-10)7-11-8-20(9-15(11)21)16(22)13-4-2-3-5-14(13)17/h2-6,11,15,21H,7-9H2,1H3,(H,18,19)/t11-,15-/m1/s1. The molecule has 2 N–H and O–H groups in total. The molecule has 2 heterocycles. The monoisotopic (exact) mass is 303 g/mol. The molecule has 0 unspecified atom stereocenters. The van der Waals surface area contributed by atoms with Crippen molar-refractivity contribution in [3.05, 3.63) is 53.1 Å². The molecule has 1 amide bonds. The Morgan fingerprint density at radius 2 is 2.23 bits per heavy atom. The van der Waals surface area contributed by atoms with Crippen LogP contribution in [-0.2, 0) is 6.42 Å². The maximum absolute atomic E-state index is 13.7. The summed E-state index contributed by atoms with van der Waals surface area (Å²) in [6.45, 7) is 2.54. The lowest BCUT2D eigenvalue weighted by atomic mass is 10.0. The minimum Gasteiger partial charge on any atom is -0.391 e. The Morgan fingerprint density at radius 1 is 1.45 bits per heavy atom. The van der Waals surface area contributed by atoms with E-state index in [0.717, 1.165) is 11.4 Å². The second-order valence-electron chi connectivity index (χ2n) is 5.76. The number of rotatable bonds is 3. The topological polar surface area (TPSA) is 69.2 Å². The second kappa shape index (κ2) is 5.88. The molecule has 2 aromatic rings. The van der Waals surface area contributed by atoms with Crippen LogP contribution in [0, 0.1) is 18.7 Å². The van der Waals surface area contributed by atoms with Crippen molar-refractivity contribution in [2.45, 2.75) is 19.4 Å². The molecule has 2 atom stereocenters. The first-order chi connectivity index (χ1) is 10.5. The van der Waals surface area contributed by atoms with Crippen molar-refractivity contribution in [2.75, 3.05) is 13.1 Å². The minimum absolute atomic E-state index is 0.0472. The van der Waals surface area contributed by atoms with Crippen LogP contribution in [0.4, 0.5) is 4.39 Å². The van der Waals surface area contributed by atoms with Gasteiger partial charge in [-0.25, -0.2) is 4.39 Å². The van der Waals surface area contributed by atoms with Crippen LogP contribution in [0.2, 0.25) is 0 Å². The number of hydrogen-bond acceptors (Lipinski definition) is 3. The van der Waals surface area contributed by atoms with Crippen molar-refractivity contribution in [2.24, 2.45) is 5.92 Å². The number of aliphatic hydroxyl groups excluding tert-OH is 1. The van der Waals surface area contributed by atoms with Gasteiger partial charge in [-0.15, -0.1) is 0 Å². The SMILES string of the molecule is Cc1cc(C[C@@H]2CN(C(=O)c3ccccc3F)C[C@H]2O)n[nH]1. The molecular weight excluding hydrogens is 285 g/mol. The first-order valence-electron chi connectivity index (χ1n) is 7.27. The molecule has 5 nitrogen and oxygen atoms in total. The largest absolute Gasteiger partial charge is 0.391 e. The molecule has 1 aliphatic heterocycles. The van der Waals surface area contributed by atoms with E-state index in [1.807, 2.05) is 13.0 Å². The molecule has 0 aliphatic carbocycles. The highest BCUT2D eigenvalue weighted by Crippen LogP contribution is 2.23. The van der Waals surface area contributed by atoms with Crippen LogP contribution in [0.5, 0.6) is 0 Å². The fraction of sp³-hybridized carbons (Fsp3) is 0.375. The Morgan fingerprint density at radius 3 is 2.91 bits per heavy atom. The van der Waals surface area contributed by atoms with Gasteiger partial charge in [0, 0.05) is 24.7 Å². The van der Waals surface area contributed by atoms with Crippen molar-refractivity contribution < 1.29 is 14.3 Å². The number of likely N-dealkylation sites (tertiary alicyclic amines) is 1. The lowest BCUT2D eigenvalue weighted by Crippen LogP contribution is -2.30. The normalized spacial score (nSPS) is 21.3. The molecule has 1 aliphatic rings. The molecule has 6 heteroatoms. The van der Waals surface area contributed by atoms with E-state index in [2.05, 4.69) is 10.2 Å². The van der Waals surface area contributed by atoms with E-state index in [1.54, 1.807) is 12.1 Å². The summed E-state index contributed by atoms with van der Waals surface area (Å²) in [5.74, 6) is -0.996. The number of hydrogen-bond donors (Lipinski definition) is 2. The van der Waals surface area contributed by atoms with Crippen molar-refractivity contribution in [1.29, 1.82) is 0 Å². The maximum Gasteiger partial charge on any atom is 0.256 e. The summed E-state index contributed by atoms with van der Waals surface area (Å²) >= 11 is 0. The zero-order valence-corrected chi connectivity index (χ0v) is 12.3. The van der Waals surface area contributed by atoms with Crippen LogP contribution >= 0.6 is 0 Å². The molecule has 1 aromatic carbocycles. The third-order valence-electron chi connectivity index (χ3n) is 4.03. The Kier molecular flexibility index (Phi) is 3.94. The zero-order chi connectivity index (χ0) is 15.7. The van der Waals surface area contributed by atoms with Crippen LogP contribution in [0.1, 0.15) is 21.7 Å². The molecule has 0 bridgehead atoms. The van der Waals surface area contributed by atoms with Gasteiger partial charge in [-0.3, -0.25) is 9.89 Å². The molecule has 0 saturated carbocycles. The zero-order valence-electron chi connectivity index (χ0n) is 12.3. The molecule has 22 heavy (non-hydrogen) atoms. The van der Waals surface area contributed by atoms with E-state index in [4.69, 9.17) is 0 Å². The number of benzene rings is 1. The Hall–Kier alpha value is -2.21. The number of β-amino-alcohol motifs (C(OH)–C–C–N with tert-alkyl or cyclic N) is 1. The number of aliphatic hydroxyl groups is 1. The average Bonchev–Trinajstić information content (AvgIpc) is 3.06. The highest BCUT2D eigenvalue weighted by molar-refractivity contribution is 5.94. The van der Waals surface area contributed by atoms with Gasteiger partial charge in [0.15, 0.2) is 0 Å². The summed E-state index contributed by atoms with van der Waals surface area (Å²) in [4.78, 5) is 13.9. The molecule has 116 valence electrons. The van der Waals surface area contributed by atoms with Crippen molar-refractivity contribution in [1.82, 2.24) is 15.1 Å². The van der Waals surface area contributed by atoms with E-state index in [-0.39, 0.29) is 23.9 Å². The number of halogens is 1. The summed E-state index contributed by atoms with van der Waals surface area (Å²) in [5.41, 5.74) is 1.87. The molecule has 0 radical (unpaired) electrons. The molecule has 3 rings (SSSR count). The van der Waals surface area contributed by atoms with Crippen molar-refractivity contribution in [3.63, 3.8) is 0 Å². The fourth-order valence-corrected chi connectivity index (χ4v) is 2.87. The van der Waals surface area contributed by atoms with Crippen LogP contribution in [0.25, 0.3) is 0 Å². The van der Waals surface area contributed by atoms with Crippen LogP contribution < -0.4 is 0 Å². The number of aromatic nitrogens is 2. The van der Waals surface area contributed by atoms with Gasteiger partial charge in [0.1, 0.15) is 5.82 Å². The van der Waals surface area contributed by atoms with E-state index >= 15 is 0 Å². The first-order valence-corrected chi connectivity index (χ1v) is 7.27. The summed E-state index contributed by atoms with van der Waals surface area (Å²) in [6.07, 6.45) is -0.0280. The lowest BCUT2D eigenvalue weighted by molar-refractivity contribution is 0.0760. The van der Waals surface area contributed by atoms with Crippen molar-refractivity contribution in [3.8, 4) is 0 Å². The number of nitrogens with one attached hydrogen (secondary N) is 1. The Labute approximate surface area is 127 Å². The summed E-state index contributed by atoms with van der Waals surface area (Å²) in [7, 11) is 0. The molecule has 1 aromatic heterocycles. The number of H-pyrrole nitrogens is 1. The number of carbonyl (C=O) groups is 1. The molecule has 1 fully saturated rings. The molecule has 0 spiro atoms. The first kappa shape index (κ1) is 14.7. The van der Waals surface area contributed by atoms with Gasteiger partial charge in [-0.1, -0.05) is 12.1 Å². The van der Waals surface area contributed by atoms with E-state index in [0.29, 0.717) is 13.0 Å². The van der Waals surface area contributed by atoms with Gasteiger partial charge in [0.25, 0.3) is 5.91 Å². The van der Waals surface area contributed by atoms with Crippen LogP contribution in [0.15, 0.2) is 30.3 Å². The number of aromatic amines is 1. The van der Waals surface area contributed by atoms with Gasteiger partial charge in [0.2, 0.25) is 0 Å². The quantitative estimate of drug-likeness (QED) is 0.903. The van der Waals surface area contributed by atoms with Gasteiger partial charge in [-0.2, -0.15) is 5.10 Å². The highest BCUT2D eigenvalue weighted by atomic mass is 19.1. The molecular formula is C16H18FN3O2. The van der Waals surface area contributed by atoms with E-state index in [1.165, 1.54) is 17.0 Å². The number of carbonyl (C=O) groups excluding carboxylic acids is 1. The Bertz CT molecular complexity index is 686. The van der Waals surface area contributed by atoms with E-state index in [9.17, 15) is 14.3 Å².